The van der Waals surface area contributed by atoms with Gasteiger partial charge in [0.15, 0.2) is 5.43 Å². The molecule has 0 saturated heterocycles. The zero-order valence-electron chi connectivity index (χ0n) is 13.6. The minimum atomic E-state index is -0.404. The van der Waals surface area contributed by atoms with Gasteiger partial charge in [0.25, 0.3) is 0 Å². The van der Waals surface area contributed by atoms with Crippen LogP contribution in [0.25, 0.3) is 10.9 Å². The van der Waals surface area contributed by atoms with Crippen molar-refractivity contribution < 1.29 is 4.39 Å². The molecule has 0 aliphatic carbocycles. The normalized spacial score (nSPS) is 11.0. The number of hydrogen-bond donors (Lipinski definition) is 3. The lowest BCUT2D eigenvalue weighted by Crippen LogP contribution is -2.18. The number of hydrogen-bond acceptors (Lipinski definition) is 3. The summed E-state index contributed by atoms with van der Waals surface area (Å²) < 4.78 is 13.1. The number of halogens is 2. The molecule has 0 aliphatic rings. The molecule has 25 heavy (non-hydrogen) atoms. The Balaban J connectivity index is 1.44. The van der Waals surface area contributed by atoms with Gasteiger partial charge < -0.3 is 15.6 Å². The fourth-order valence-electron chi connectivity index (χ4n) is 2.61. The Morgan fingerprint density at radius 1 is 1.08 bits per heavy atom. The smallest absolute Gasteiger partial charge is 0.191 e. The summed E-state index contributed by atoms with van der Waals surface area (Å²) in [7, 11) is 0. The van der Waals surface area contributed by atoms with Crippen LogP contribution in [0.5, 0.6) is 0 Å². The van der Waals surface area contributed by atoms with Crippen molar-refractivity contribution in [1.82, 2.24) is 10.3 Å². The van der Waals surface area contributed by atoms with E-state index in [0.29, 0.717) is 17.7 Å². The van der Waals surface area contributed by atoms with Gasteiger partial charge in [0.2, 0.25) is 0 Å². The fourth-order valence-corrected chi connectivity index (χ4v) is 2.81. The molecule has 3 rings (SSSR count). The number of anilines is 1. The lowest BCUT2D eigenvalue weighted by molar-refractivity contribution is 0.624. The van der Waals surface area contributed by atoms with Crippen molar-refractivity contribution in [2.24, 2.45) is 0 Å². The first-order chi connectivity index (χ1) is 12.1. The molecule has 0 saturated carbocycles. The maximum Gasteiger partial charge on any atom is 0.191 e. The minimum Gasteiger partial charge on any atom is -0.371 e. The van der Waals surface area contributed by atoms with E-state index in [0.717, 1.165) is 30.6 Å². The first-order valence-electron chi connectivity index (χ1n) is 8.14. The van der Waals surface area contributed by atoms with Crippen molar-refractivity contribution in [2.45, 2.75) is 13.0 Å². The number of nitrogens with one attached hydrogen (secondary N) is 3. The summed E-state index contributed by atoms with van der Waals surface area (Å²) in [5.41, 5.74) is 1.77. The number of H-pyrrole nitrogens is 1. The van der Waals surface area contributed by atoms with Crippen LogP contribution < -0.4 is 16.1 Å². The molecule has 0 fully saturated rings. The molecule has 0 atom stereocenters. The van der Waals surface area contributed by atoms with Gasteiger partial charge in [0.05, 0.1) is 10.5 Å². The molecule has 0 radical (unpaired) electrons. The van der Waals surface area contributed by atoms with Crippen molar-refractivity contribution in [3.05, 3.63) is 75.2 Å². The van der Waals surface area contributed by atoms with E-state index in [-0.39, 0.29) is 10.5 Å². The number of benzene rings is 2. The highest BCUT2D eigenvalue weighted by molar-refractivity contribution is 6.30. The highest BCUT2D eigenvalue weighted by atomic mass is 35.5. The summed E-state index contributed by atoms with van der Waals surface area (Å²) in [4.78, 5) is 15.2. The topological polar surface area (TPSA) is 56.9 Å². The Kier molecular flexibility index (Phi) is 5.68. The summed E-state index contributed by atoms with van der Waals surface area (Å²) >= 11 is 5.76. The standard InChI is InChI=1S/C19H19ClFN3O/c20-15-10-13(6-7-16(15)21)12-22-8-3-9-23-19-11-18(25)14-4-1-2-5-17(14)24-19/h1-2,4-7,10-11,22H,3,8-9,12H2,(H2,23,24,25). The van der Waals surface area contributed by atoms with Gasteiger partial charge in [-0.1, -0.05) is 29.8 Å². The maximum atomic E-state index is 13.1. The summed E-state index contributed by atoms with van der Waals surface area (Å²) in [6.07, 6.45) is 0.879. The molecule has 2 aromatic carbocycles. The number of aromatic amines is 1. The number of rotatable bonds is 7. The predicted molar refractivity (Wildman–Crippen MR) is 101 cm³/mol. The number of aromatic nitrogens is 1. The second kappa shape index (κ2) is 8.14. The lowest BCUT2D eigenvalue weighted by atomic mass is 10.2. The number of pyridine rings is 1. The van der Waals surface area contributed by atoms with E-state index in [1.807, 2.05) is 24.3 Å². The summed E-state index contributed by atoms with van der Waals surface area (Å²) in [6.45, 7) is 2.15. The van der Waals surface area contributed by atoms with E-state index in [1.54, 1.807) is 18.2 Å². The molecular formula is C19H19ClFN3O. The minimum absolute atomic E-state index is 0.00293. The monoisotopic (exact) mass is 359 g/mol. The first-order valence-corrected chi connectivity index (χ1v) is 8.52. The third kappa shape index (κ3) is 4.59. The average molecular weight is 360 g/mol. The Hall–Kier alpha value is -2.37. The molecule has 130 valence electrons. The van der Waals surface area contributed by atoms with Crippen LogP contribution in [0.3, 0.4) is 0 Å². The molecule has 0 spiro atoms. The Labute approximate surface area is 150 Å². The van der Waals surface area contributed by atoms with E-state index in [9.17, 15) is 9.18 Å². The van der Waals surface area contributed by atoms with Crippen LogP contribution in [0.15, 0.2) is 53.3 Å². The molecule has 0 amide bonds. The van der Waals surface area contributed by atoms with Crippen LogP contribution in [0.1, 0.15) is 12.0 Å². The van der Waals surface area contributed by atoms with Gasteiger partial charge in [0.1, 0.15) is 11.6 Å². The van der Waals surface area contributed by atoms with Crippen molar-refractivity contribution in [1.29, 1.82) is 0 Å². The second-order valence-corrected chi connectivity index (χ2v) is 6.21. The van der Waals surface area contributed by atoms with Gasteiger partial charge in [-0.25, -0.2) is 4.39 Å². The third-order valence-electron chi connectivity index (χ3n) is 3.90. The molecule has 1 heterocycles. The molecular weight excluding hydrogens is 341 g/mol. The average Bonchev–Trinajstić information content (AvgIpc) is 2.61. The third-order valence-corrected chi connectivity index (χ3v) is 4.19. The van der Waals surface area contributed by atoms with Crippen LogP contribution in [-0.2, 0) is 6.54 Å². The molecule has 6 heteroatoms. The van der Waals surface area contributed by atoms with Crippen molar-refractivity contribution in [2.75, 3.05) is 18.4 Å². The predicted octanol–water partition coefficient (Wildman–Crippen LogP) is 3.91. The van der Waals surface area contributed by atoms with Gasteiger partial charge >= 0.3 is 0 Å². The molecule has 4 nitrogen and oxygen atoms in total. The molecule has 0 bridgehead atoms. The van der Waals surface area contributed by atoms with Crippen molar-refractivity contribution >= 4 is 28.3 Å². The van der Waals surface area contributed by atoms with Crippen LogP contribution >= 0.6 is 11.6 Å². The molecule has 0 unspecified atom stereocenters. The summed E-state index contributed by atoms with van der Waals surface area (Å²) in [6, 6.07) is 13.7. The summed E-state index contributed by atoms with van der Waals surface area (Å²) in [5.74, 6) is 0.313. The van der Waals surface area contributed by atoms with E-state index in [1.165, 1.54) is 6.07 Å². The van der Waals surface area contributed by atoms with E-state index in [2.05, 4.69) is 15.6 Å². The van der Waals surface area contributed by atoms with Gasteiger partial charge in [-0.3, -0.25) is 4.79 Å². The van der Waals surface area contributed by atoms with Crippen molar-refractivity contribution in [3.8, 4) is 0 Å². The Morgan fingerprint density at radius 3 is 2.76 bits per heavy atom. The molecule has 3 N–H and O–H groups in total. The van der Waals surface area contributed by atoms with Crippen LogP contribution in [0, 0.1) is 5.82 Å². The van der Waals surface area contributed by atoms with Gasteiger partial charge in [-0.2, -0.15) is 0 Å². The molecule has 1 aromatic heterocycles. The van der Waals surface area contributed by atoms with Gasteiger partial charge in [-0.05, 0) is 42.8 Å². The molecule has 3 aromatic rings. The van der Waals surface area contributed by atoms with E-state index in [4.69, 9.17) is 11.6 Å². The van der Waals surface area contributed by atoms with Crippen LogP contribution in [0.4, 0.5) is 10.2 Å². The Bertz CT molecular complexity index is 926. The first kappa shape index (κ1) is 17.5. The number of para-hydroxylation sites is 1. The fraction of sp³-hybridized carbons (Fsp3) is 0.211. The highest BCUT2D eigenvalue weighted by Gasteiger charge is 2.02. The largest absolute Gasteiger partial charge is 0.371 e. The number of fused-ring (bicyclic) bond motifs is 1. The SMILES string of the molecule is O=c1cc(NCCCNCc2ccc(F)c(Cl)c2)[nH]c2ccccc12. The highest BCUT2D eigenvalue weighted by Crippen LogP contribution is 2.15. The maximum absolute atomic E-state index is 13.1. The zero-order valence-corrected chi connectivity index (χ0v) is 14.4. The van der Waals surface area contributed by atoms with E-state index < -0.39 is 5.82 Å². The van der Waals surface area contributed by atoms with Crippen LogP contribution in [0.2, 0.25) is 5.02 Å². The van der Waals surface area contributed by atoms with Crippen LogP contribution in [-0.4, -0.2) is 18.1 Å². The quantitative estimate of drug-likeness (QED) is 0.560. The summed E-state index contributed by atoms with van der Waals surface area (Å²) in [5, 5.41) is 7.34. The lowest BCUT2D eigenvalue weighted by Gasteiger charge is -2.09. The van der Waals surface area contributed by atoms with Gasteiger partial charge in [0, 0.05) is 24.5 Å². The Morgan fingerprint density at radius 2 is 1.92 bits per heavy atom. The zero-order chi connectivity index (χ0) is 17.6. The van der Waals surface area contributed by atoms with Crippen molar-refractivity contribution in [3.63, 3.8) is 0 Å². The molecule has 0 aliphatic heterocycles. The second-order valence-electron chi connectivity index (χ2n) is 5.80. The van der Waals surface area contributed by atoms with Gasteiger partial charge in [-0.15, -0.1) is 0 Å². The van der Waals surface area contributed by atoms with E-state index >= 15 is 0 Å².